The predicted octanol–water partition coefficient (Wildman–Crippen LogP) is 5.00. The van der Waals surface area contributed by atoms with Crippen LogP contribution in [0.25, 0.3) is 0 Å². The predicted molar refractivity (Wildman–Crippen MR) is 95.1 cm³/mol. The van der Waals surface area contributed by atoms with E-state index in [-0.39, 0.29) is 6.04 Å². The maximum Gasteiger partial charge on any atom is 0.171 e. The monoisotopic (exact) mass is 318 g/mol. The van der Waals surface area contributed by atoms with Crippen molar-refractivity contribution in [2.45, 2.75) is 26.8 Å². The van der Waals surface area contributed by atoms with Crippen LogP contribution in [0.5, 0.6) is 0 Å². The molecule has 0 radical (unpaired) electrons. The molecule has 0 fully saturated rings. The number of nitrogens with one attached hydrogen (secondary N) is 2. The minimum absolute atomic E-state index is 0.132. The summed E-state index contributed by atoms with van der Waals surface area (Å²) in [6.45, 7) is 6.31. The Balaban J connectivity index is 2.04. The van der Waals surface area contributed by atoms with Crippen molar-refractivity contribution in [3.05, 3.63) is 64.2 Å². The Labute approximate surface area is 136 Å². The number of aryl methyl sites for hydroxylation is 2. The number of thiocarbonyl (C=S) groups is 1. The van der Waals surface area contributed by atoms with Crippen LogP contribution < -0.4 is 10.6 Å². The van der Waals surface area contributed by atoms with E-state index in [1.807, 2.05) is 24.3 Å². The summed E-state index contributed by atoms with van der Waals surface area (Å²) in [5, 5.41) is 7.64. The van der Waals surface area contributed by atoms with E-state index in [0.717, 1.165) is 5.69 Å². The van der Waals surface area contributed by atoms with Crippen LogP contribution in [-0.4, -0.2) is 5.11 Å². The van der Waals surface area contributed by atoms with Gasteiger partial charge in [-0.3, -0.25) is 0 Å². The van der Waals surface area contributed by atoms with Gasteiger partial charge in [0.15, 0.2) is 5.11 Å². The van der Waals surface area contributed by atoms with E-state index in [9.17, 15) is 0 Å². The second-order valence-corrected chi connectivity index (χ2v) is 5.98. The van der Waals surface area contributed by atoms with Crippen LogP contribution in [0.15, 0.2) is 42.5 Å². The zero-order valence-corrected chi connectivity index (χ0v) is 14.0. The average molecular weight is 319 g/mol. The van der Waals surface area contributed by atoms with Gasteiger partial charge in [-0.15, -0.1) is 0 Å². The SMILES string of the molecule is Cc1ccc([C@H](C)NC(=S)Nc2ccccc2Cl)c(C)c1. The van der Waals surface area contributed by atoms with Gasteiger partial charge in [-0.1, -0.05) is 47.5 Å². The minimum atomic E-state index is 0.132. The van der Waals surface area contributed by atoms with Crippen LogP contribution in [0.2, 0.25) is 5.02 Å². The average Bonchev–Trinajstić information content (AvgIpc) is 2.41. The van der Waals surface area contributed by atoms with Crippen LogP contribution in [0.1, 0.15) is 29.7 Å². The number of para-hydroxylation sites is 1. The number of halogens is 1. The van der Waals surface area contributed by atoms with Crippen molar-refractivity contribution in [2.75, 3.05) is 5.32 Å². The fraction of sp³-hybridized carbons (Fsp3) is 0.235. The number of rotatable bonds is 3. The van der Waals surface area contributed by atoms with Crippen molar-refractivity contribution in [3.8, 4) is 0 Å². The summed E-state index contributed by atoms with van der Waals surface area (Å²) in [6.07, 6.45) is 0. The normalized spacial score (nSPS) is 11.8. The third-order valence-electron chi connectivity index (χ3n) is 3.36. The second-order valence-electron chi connectivity index (χ2n) is 5.16. The molecule has 0 aromatic heterocycles. The van der Waals surface area contributed by atoms with Gasteiger partial charge in [-0.25, -0.2) is 0 Å². The van der Waals surface area contributed by atoms with Gasteiger partial charge in [-0.05, 0) is 56.2 Å². The third kappa shape index (κ3) is 4.19. The van der Waals surface area contributed by atoms with E-state index < -0.39 is 0 Å². The van der Waals surface area contributed by atoms with Crippen molar-refractivity contribution >= 4 is 34.6 Å². The van der Waals surface area contributed by atoms with Crippen LogP contribution in [0, 0.1) is 13.8 Å². The molecule has 2 aromatic carbocycles. The third-order valence-corrected chi connectivity index (χ3v) is 3.91. The zero-order valence-electron chi connectivity index (χ0n) is 12.4. The fourth-order valence-electron chi connectivity index (χ4n) is 2.31. The lowest BCUT2D eigenvalue weighted by molar-refractivity contribution is 0.717. The van der Waals surface area contributed by atoms with E-state index in [2.05, 4.69) is 49.6 Å². The van der Waals surface area contributed by atoms with Gasteiger partial charge in [0.25, 0.3) is 0 Å². The standard InChI is InChI=1S/C17H19ClN2S/c1-11-8-9-14(12(2)10-11)13(3)19-17(21)20-16-7-5-4-6-15(16)18/h4-10,13H,1-3H3,(H2,19,20,21)/t13-/m0/s1. The molecule has 2 rings (SSSR count). The lowest BCUT2D eigenvalue weighted by Gasteiger charge is -2.19. The number of hydrogen-bond acceptors (Lipinski definition) is 1. The Bertz CT molecular complexity index is 655. The van der Waals surface area contributed by atoms with Gasteiger partial charge >= 0.3 is 0 Å². The van der Waals surface area contributed by atoms with E-state index >= 15 is 0 Å². The summed E-state index contributed by atoms with van der Waals surface area (Å²) in [5.41, 5.74) is 4.57. The zero-order chi connectivity index (χ0) is 15.4. The Hall–Kier alpha value is -1.58. The minimum Gasteiger partial charge on any atom is -0.356 e. The molecular weight excluding hydrogens is 300 g/mol. The van der Waals surface area contributed by atoms with Gasteiger partial charge in [0.1, 0.15) is 0 Å². The smallest absolute Gasteiger partial charge is 0.171 e. The molecule has 2 aromatic rings. The molecular formula is C17H19ClN2S. The van der Waals surface area contributed by atoms with Gasteiger partial charge in [0.05, 0.1) is 16.8 Å². The summed E-state index contributed by atoms with van der Waals surface area (Å²) in [7, 11) is 0. The van der Waals surface area contributed by atoms with E-state index in [1.54, 1.807) is 0 Å². The molecule has 0 aliphatic heterocycles. The highest BCUT2D eigenvalue weighted by Gasteiger charge is 2.10. The van der Waals surface area contributed by atoms with E-state index in [4.69, 9.17) is 23.8 Å². The molecule has 0 aliphatic rings. The summed E-state index contributed by atoms with van der Waals surface area (Å²) in [6, 6.07) is 14.1. The van der Waals surface area contributed by atoms with Gasteiger partial charge < -0.3 is 10.6 Å². The molecule has 110 valence electrons. The molecule has 0 heterocycles. The first-order valence-corrected chi connectivity index (χ1v) is 7.65. The molecule has 4 heteroatoms. The van der Waals surface area contributed by atoms with Crippen molar-refractivity contribution in [3.63, 3.8) is 0 Å². The van der Waals surface area contributed by atoms with E-state index in [1.165, 1.54) is 16.7 Å². The fourth-order valence-corrected chi connectivity index (χ4v) is 2.78. The highest BCUT2D eigenvalue weighted by atomic mass is 35.5. The molecule has 0 amide bonds. The molecule has 2 N–H and O–H groups in total. The Morgan fingerprint density at radius 2 is 1.86 bits per heavy atom. The summed E-state index contributed by atoms with van der Waals surface area (Å²) < 4.78 is 0. The number of hydrogen-bond donors (Lipinski definition) is 2. The first-order valence-electron chi connectivity index (χ1n) is 6.86. The first kappa shape index (κ1) is 15.8. The molecule has 0 bridgehead atoms. The summed E-state index contributed by atoms with van der Waals surface area (Å²) in [5.74, 6) is 0. The highest BCUT2D eigenvalue weighted by molar-refractivity contribution is 7.80. The lowest BCUT2D eigenvalue weighted by atomic mass is 10.0. The quantitative estimate of drug-likeness (QED) is 0.778. The number of anilines is 1. The molecule has 0 unspecified atom stereocenters. The van der Waals surface area contributed by atoms with Crippen molar-refractivity contribution in [1.82, 2.24) is 5.32 Å². The van der Waals surface area contributed by atoms with Crippen LogP contribution in [0.3, 0.4) is 0 Å². The molecule has 21 heavy (non-hydrogen) atoms. The summed E-state index contributed by atoms with van der Waals surface area (Å²) in [4.78, 5) is 0. The topological polar surface area (TPSA) is 24.1 Å². The lowest BCUT2D eigenvalue weighted by Crippen LogP contribution is -2.31. The number of benzene rings is 2. The summed E-state index contributed by atoms with van der Waals surface area (Å²) >= 11 is 11.5. The van der Waals surface area contributed by atoms with Gasteiger partial charge in [0, 0.05) is 0 Å². The molecule has 0 spiro atoms. The Morgan fingerprint density at radius 3 is 2.52 bits per heavy atom. The van der Waals surface area contributed by atoms with Crippen LogP contribution in [-0.2, 0) is 0 Å². The second kappa shape index (κ2) is 6.92. The van der Waals surface area contributed by atoms with Gasteiger partial charge in [0.2, 0.25) is 0 Å². The van der Waals surface area contributed by atoms with E-state index in [0.29, 0.717) is 10.1 Å². The van der Waals surface area contributed by atoms with Crippen molar-refractivity contribution in [2.24, 2.45) is 0 Å². The van der Waals surface area contributed by atoms with Crippen LogP contribution >= 0.6 is 23.8 Å². The van der Waals surface area contributed by atoms with Gasteiger partial charge in [-0.2, -0.15) is 0 Å². The Kier molecular flexibility index (Phi) is 5.21. The van der Waals surface area contributed by atoms with Crippen LogP contribution in [0.4, 0.5) is 5.69 Å². The highest BCUT2D eigenvalue weighted by Crippen LogP contribution is 2.22. The molecule has 0 saturated heterocycles. The molecule has 0 saturated carbocycles. The largest absolute Gasteiger partial charge is 0.356 e. The van der Waals surface area contributed by atoms with Crippen molar-refractivity contribution < 1.29 is 0 Å². The Morgan fingerprint density at radius 1 is 1.14 bits per heavy atom. The first-order chi connectivity index (χ1) is 9.97. The molecule has 2 nitrogen and oxygen atoms in total. The maximum atomic E-state index is 6.11. The molecule has 0 aliphatic carbocycles. The van der Waals surface area contributed by atoms with Crippen molar-refractivity contribution in [1.29, 1.82) is 0 Å². The maximum absolute atomic E-state index is 6.11. The molecule has 1 atom stereocenters.